The minimum Gasteiger partial charge on any atom is -0.543 e. The molecule has 1 amide bonds. The standard InChI is InChI=1S/C12H15NO5S/c1-5(14)7-10(15)13-8(12(16)17)9(19-11(7)13)6-3-2-4-18-6/h5-7,11,14H,2-4H2,1H3,(H,16,17)/p-1/t5-,6+,7-,11+/m0/s1. The van der Waals surface area contributed by atoms with Gasteiger partial charge >= 0.3 is 0 Å². The molecule has 0 saturated carbocycles. The molecule has 19 heavy (non-hydrogen) atoms. The summed E-state index contributed by atoms with van der Waals surface area (Å²) in [4.78, 5) is 25.0. The van der Waals surface area contributed by atoms with Gasteiger partial charge in [0.25, 0.3) is 0 Å². The van der Waals surface area contributed by atoms with E-state index in [1.165, 1.54) is 16.7 Å². The number of thioether (sulfide) groups is 1. The summed E-state index contributed by atoms with van der Waals surface area (Å²) < 4.78 is 5.50. The second-order valence-electron chi connectivity index (χ2n) is 4.99. The zero-order chi connectivity index (χ0) is 13.7. The highest BCUT2D eigenvalue weighted by Crippen LogP contribution is 2.52. The summed E-state index contributed by atoms with van der Waals surface area (Å²) >= 11 is 1.31. The molecule has 3 aliphatic rings. The third kappa shape index (κ3) is 1.79. The Bertz CT molecular complexity index is 469. The molecule has 0 aliphatic carbocycles. The molecule has 0 bridgehead atoms. The number of hydrogen-bond donors (Lipinski definition) is 1. The van der Waals surface area contributed by atoms with Crippen LogP contribution in [0.25, 0.3) is 0 Å². The first-order chi connectivity index (χ1) is 9.02. The van der Waals surface area contributed by atoms with Gasteiger partial charge in [0.05, 0.1) is 29.8 Å². The van der Waals surface area contributed by atoms with Gasteiger partial charge in [-0.1, -0.05) is 11.8 Å². The zero-order valence-corrected chi connectivity index (χ0v) is 11.2. The van der Waals surface area contributed by atoms with Gasteiger partial charge in [-0.3, -0.25) is 9.69 Å². The van der Waals surface area contributed by atoms with Gasteiger partial charge in [-0.2, -0.15) is 0 Å². The molecule has 2 saturated heterocycles. The Labute approximate surface area is 114 Å². The fourth-order valence-electron chi connectivity index (χ4n) is 2.81. The molecule has 0 aromatic carbocycles. The first-order valence-corrected chi connectivity index (χ1v) is 7.15. The summed E-state index contributed by atoms with van der Waals surface area (Å²) in [7, 11) is 0. The number of carbonyl (C=O) groups is 2. The van der Waals surface area contributed by atoms with Gasteiger partial charge in [-0.15, -0.1) is 0 Å². The van der Waals surface area contributed by atoms with Crippen molar-refractivity contribution in [3.05, 3.63) is 10.6 Å². The molecule has 0 spiro atoms. The van der Waals surface area contributed by atoms with Crippen molar-refractivity contribution in [2.24, 2.45) is 5.92 Å². The Hall–Kier alpha value is -1.05. The van der Waals surface area contributed by atoms with Crippen LogP contribution in [0.2, 0.25) is 0 Å². The average molecular weight is 284 g/mol. The molecule has 0 radical (unpaired) electrons. The van der Waals surface area contributed by atoms with E-state index in [0.29, 0.717) is 11.5 Å². The van der Waals surface area contributed by atoms with Crippen LogP contribution in [0.3, 0.4) is 0 Å². The topological polar surface area (TPSA) is 89.9 Å². The van der Waals surface area contributed by atoms with E-state index in [1.54, 1.807) is 6.92 Å². The lowest BCUT2D eigenvalue weighted by Crippen LogP contribution is -2.61. The maximum atomic E-state index is 11.9. The maximum Gasteiger partial charge on any atom is 0.236 e. The van der Waals surface area contributed by atoms with E-state index in [9.17, 15) is 19.8 Å². The van der Waals surface area contributed by atoms with Crippen LogP contribution in [0.1, 0.15) is 19.8 Å². The van der Waals surface area contributed by atoms with E-state index < -0.39 is 18.0 Å². The molecule has 7 heteroatoms. The number of rotatable bonds is 3. The summed E-state index contributed by atoms with van der Waals surface area (Å²) in [5.41, 5.74) is -0.0659. The Morgan fingerprint density at radius 3 is 2.89 bits per heavy atom. The number of aliphatic hydroxyl groups is 1. The van der Waals surface area contributed by atoms with Gasteiger partial charge in [0.2, 0.25) is 5.91 Å². The van der Waals surface area contributed by atoms with Crippen LogP contribution in [0.4, 0.5) is 0 Å². The number of carboxylic acid groups (broad SMARTS) is 1. The van der Waals surface area contributed by atoms with Crippen molar-refractivity contribution in [2.45, 2.75) is 37.3 Å². The van der Waals surface area contributed by atoms with Gasteiger partial charge in [0, 0.05) is 11.5 Å². The lowest BCUT2D eigenvalue weighted by molar-refractivity contribution is -0.301. The molecule has 3 rings (SSSR count). The number of nitrogens with zero attached hydrogens (tertiary/aromatic N) is 1. The molecular formula is C12H14NO5S-. The number of hydrogen-bond acceptors (Lipinski definition) is 6. The van der Waals surface area contributed by atoms with Crippen LogP contribution in [0.15, 0.2) is 10.6 Å². The second-order valence-corrected chi connectivity index (χ2v) is 6.14. The van der Waals surface area contributed by atoms with Gasteiger partial charge in [-0.05, 0) is 19.8 Å². The van der Waals surface area contributed by atoms with Gasteiger partial charge < -0.3 is 19.7 Å². The smallest absolute Gasteiger partial charge is 0.236 e. The first-order valence-electron chi connectivity index (χ1n) is 6.27. The lowest BCUT2D eigenvalue weighted by Gasteiger charge is -2.44. The zero-order valence-electron chi connectivity index (χ0n) is 10.4. The number of ether oxygens (including phenoxy) is 1. The van der Waals surface area contributed by atoms with Gasteiger partial charge in [0.15, 0.2) is 0 Å². The monoisotopic (exact) mass is 284 g/mol. The Morgan fingerprint density at radius 2 is 2.37 bits per heavy atom. The minimum absolute atomic E-state index is 0.0659. The summed E-state index contributed by atoms with van der Waals surface area (Å²) in [6, 6.07) is 0. The summed E-state index contributed by atoms with van der Waals surface area (Å²) in [6.07, 6.45) is 0.597. The Balaban J connectivity index is 1.91. The van der Waals surface area contributed by atoms with Crippen molar-refractivity contribution in [2.75, 3.05) is 6.61 Å². The van der Waals surface area contributed by atoms with E-state index in [4.69, 9.17) is 4.74 Å². The fraction of sp³-hybridized carbons (Fsp3) is 0.667. The number of fused-ring (bicyclic) bond motifs is 1. The number of aliphatic hydroxyl groups excluding tert-OH is 1. The molecule has 3 aliphatic heterocycles. The number of amides is 1. The van der Waals surface area contributed by atoms with E-state index in [0.717, 1.165) is 12.8 Å². The SMILES string of the molecule is C[C@H](O)[C@H]1C(=O)N2C(C(=O)[O-])=C([C@H]3CCCO3)S[C@H]12. The van der Waals surface area contributed by atoms with Crippen molar-refractivity contribution in [3.63, 3.8) is 0 Å². The van der Waals surface area contributed by atoms with E-state index in [2.05, 4.69) is 0 Å². The predicted molar refractivity (Wildman–Crippen MR) is 64.4 cm³/mol. The lowest BCUT2D eigenvalue weighted by atomic mass is 9.92. The molecule has 6 nitrogen and oxygen atoms in total. The Morgan fingerprint density at radius 1 is 1.63 bits per heavy atom. The van der Waals surface area contributed by atoms with Crippen LogP contribution >= 0.6 is 11.8 Å². The number of carbonyl (C=O) groups excluding carboxylic acids is 2. The van der Waals surface area contributed by atoms with Crippen molar-refractivity contribution < 1.29 is 24.5 Å². The number of β-lactam (4-membered cyclic amide) rings is 1. The molecule has 0 aromatic rings. The summed E-state index contributed by atoms with van der Waals surface area (Å²) in [5, 5.41) is 20.5. The molecule has 104 valence electrons. The second kappa shape index (κ2) is 4.50. The molecule has 1 N–H and O–H groups in total. The average Bonchev–Trinajstić information content (AvgIpc) is 2.92. The van der Waals surface area contributed by atoms with Crippen molar-refractivity contribution in [1.29, 1.82) is 0 Å². The van der Waals surface area contributed by atoms with E-state index >= 15 is 0 Å². The third-order valence-electron chi connectivity index (χ3n) is 3.74. The molecule has 4 atom stereocenters. The quantitative estimate of drug-likeness (QED) is 0.671. The van der Waals surface area contributed by atoms with Gasteiger partial charge in [-0.25, -0.2) is 0 Å². The van der Waals surface area contributed by atoms with Crippen LogP contribution < -0.4 is 5.11 Å². The molecule has 0 unspecified atom stereocenters. The highest BCUT2D eigenvalue weighted by atomic mass is 32.2. The molecular weight excluding hydrogens is 270 g/mol. The van der Waals surface area contributed by atoms with Crippen LogP contribution in [0, 0.1) is 5.92 Å². The van der Waals surface area contributed by atoms with Gasteiger partial charge in [0.1, 0.15) is 5.37 Å². The minimum atomic E-state index is -1.35. The number of aliphatic carboxylic acids is 1. The molecule has 2 fully saturated rings. The predicted octanol–water partition coefficient (Wildman–Crippen LogP) is -0.961. The van der Waals surface area contributed by atoms with Crippen molar-refractivity contribution >= 4 is 23.6 Å². The highest BCUT2D eigenvalue weighted by Gasteiger charge is 2.57. The summed E-state index contributed by atoms with van der Waals surface area (Å²) in [5.74, 6) is -2.24. The molecule has 0 aromatic heterocycles. The normalized spacial score (nSPS) is 35.4. The number of carboxylic acids is 1. The fourth-order valence-corrected chi connectivity index (χ4v) is 4.51. The summed E-state index contributed by atoms with van der Waals surface area (Å²) in [6.45, 7) is 2.15. The van der Waals surface area contributed by atoms with Crippen molar-refractivity contribution in [3.8, 4) is 0 Å². The van der Waals surface area contributed by atoms with E-state index in [-0.39, 0.29) is 23.1 Å². The molecule has 3 heterocycles. The van der Waals surface area contributed by atoms with Crippen molar-refractivity contribution in [1.82, 2.24) is 4.90 Å². The Kier molecular flexibility index (Phi) is 3.07. The third-order valence-corrected chi connectivity index (χ3v) is 5.20. The van der Waals surface area contributed by atoms with Crippen LogP contribution in [-0.4, -0.2) is 46.1 Å². The van der Waals surface area contributed by atoms with E-state index in [1.807, 2.05) is 0 Å². The first kappa shape index (κ1) is 13.0. The largest absolute Gasteiger partial charge is 0.543 e. The van der Waals surface area contributed by atoms with Crippen LogP contribution in [0.5, 0.6) is 0 Å². The highest BCUT2D eigenvalue weighted by molar-refractivity contribution is 8.04. The maximum absolute atomic E-state index is 11.9. The van der Waals surface area contributed by atoms with Crippen LogP contribution in [-0.2, 0) is 14.3 Å².